The molecule has 1 saturated heterocycles. The molecule has 0 spiro atoms. The molecule has 2 heterocycles. The van der Waals surface area contributed by atoms with Gasteiger partial charge in [0.15, 0.2) is 5.96 Å². The first-order valence-electron chi connectivity index (χ1n) is 9.78. The van der Waals surface area contributed by atoms with Crippen molar-refractivity contribution in [3.05, 3.63) is 29.8 Å². The highest BCUT2D eigenvalue weighted by Crippen LogP contribution is 2.31. The van der Waals surface area contributed by atoms with Crippen LogP contribution in [0.5, 0.6) is 0 Å². The van der Waals surface area contributed by atoms with Crippen LogP contribution in [0.2, 0.25) is 0 Å². The van der Waals surface area contributed by atoms with Gasteiger partial charge in [-0.25, -0.2) is 0 Å². The Kier molecular flexibility index (Phi) is 8.82. The summed E-state index contributed by atoms with van der Waals surface area (Å²) in [5, 5.41) is 9.84. The standard InChI is InChI=1S/C20H31N5O.HI/c1-3-25-11-7-6-8-16(25)14-23-20(21-2)22-13-15-12-19(26)24-18-10-5-4-9-17(15)18;/h4-5,9-10,15-16H,3,6-8,11-14H2,1-2H3,(H,24,26)(H2,21,22,23);1H. The number of fused-ring (bicyclic) bond motifs is 1. The third-order valence-electron chi connectivity index (χ3n) is 5.51. The molecule has 1 aromatic rings. The number of benzene rings is 1. The van der Waals surface area contributed by atoms with Crippen molar-refractivity contribution < 1.29 is 4.79 Å². The van der Waals surface area contributed by atoms with Crippen LogP contribution in [0.1, 0.15) is 44.1 Å². The number of carbonyl (C=O) groups excluding carboxylic acids is 1. The number of hydrogen-bond acceptors (Lipinski definition) is 3. The van der Waals surface area contributed by atoms with Gasteiger partial charge in [-0.3, -0.25) is 14.7 Å². The molecule has 0 bridgehead atoms. The summed E-state index contributed by atoms with van der Waals surface area (Å²) in [5.74, 6) is 1.06. The van der Waals surface area contributed by atoms with Crippen LogP contribution in [0.25, 0.3) is 0 Å². The van der Waals surface area contributed by atoms with Crippen molar-refractivity contribution in [2.24, 2.45) is 4.99 Å². The van der Waals surface area contributed by atoms with Crippen LogP contribution in [-0.2, 0) is 4.79 Å². The molecule has 0 radical (unpaired) electrons. The van der Waals surface area contributed by atoms with Crippen LogP contribution >= 0.6 is 24.0 Å². The monoisotopic (exact) mass is 485 g/mol. The van der Waals surface area contributed by atoms with Gasteiger partial charge in [0.2, 0.25) is 5.91 Å². The van der Waals surface area contributed by atoms with Crippen molar-refractivity contribution in [3.63, 3.8) is 0 Å². The summed E-state index contributed by atoms with van der Waals surface area (Å²) in [7, 11) is 1.80. The first kappa shape index (κ1) is 21.9. The molecule has 150 valence electrons. The van der Waals surface area contributed by atoms with Gasteiger partial charge in [0.1, 0.15) is 0 Å². The number of piperidine rings is 1. The largest absolute Gasteiger partial charge is 0.356 e. The molecule has 1 aromatic carbocycles. The highest BCUT2D eigenvalue weighted by atomic mass is 127. The lowest BCUT2D eigenvalue weighted by Gasteiger charge is -2.35. The number of aliphatic imine (C=N–C) groups is 1. The molecule has 1 fully saturated rings. The fourth-order valence-corrected chi connectivity index (χ4v) is 4.05. The van der Waals surface area contributed by atoms with Crippen molar-refractivity contribution in [2.75, 3.05) is 38.5 Å². The summed E-state index contributed by atoms with van der Waals surface area (Å²) in [4.78, 5) is 18.9. The van der Waals surface area contributed by atoms with E-state index in [1.807, 2.05) is 18.2 Å². The quantitative estimate of drug-likeness (QED) is 0.341. The van der Waals surface area contributed by atoms with E-state index < -0.39 is 0 Å². The number of guanidine groups is 1. The second-order valence-electron chi connectivity index (χ2n) is 7.15. The topological polar surface area (TPSA) is 68.8 Å². The van der Waals surface area contributed by atoms with Crippen LogP contribution in [0.15, 0.2) is 29.3 Å². The summed E-state index contributed by atoms with van der Waals surface area (Å²) in [6, 6.07) is 8.62. The van der Waals surface area contributed by atoms with Crippen molar-refractivity contribution >= 4 is 41.5 Å². The SMILES string of the molecule is CCN1CCCCC1CNC(=NC)NCC1CC(=O)Nc2ccccc21.I. The second-order valence-corrected chi connectivity index (χ2v) is 7.15. The summed E-state index contributed by atoms with van der Waals surface area (Å²) in [6.07, 6.45) is 4.37. The lowest BCUT2D eigenvalue weighted by atomic mass is 9.90. The fourth-order valence-electron chi connectivity index (χ4n) is 4.05. The fraction of sp³-hybridized carbons (Fsp3) is 0.600. The molecule has 2 aliphatic heterocycles. The van der Waals surface area contributed by atoms with Gasteiger partial charge in [-0.2, -0.15) is 0 Å². The third-order valence-corrected chi connectivity index (χ3v) is 5.51. The van der Waals surface area contributed by atoms with E-state index in [0.29, 0.717) is 19.0 Å². The Balaban J connectivity index is 0.00000261. The summed E-state index contributed by atoms with van der Waals surface area (Å²) in [5.41, 5.74) is 2.12. The summed E-state index contributed by atoms with van der Waals surface area (Å²) in [6.45, 7) is 6.15. The van der Waals surface area contributed by atoms with Crippen LogP contribution in [-0.4, -0.2) is 56.0 Å². The zero-order valence-electron chi connectivity index (χ0n) is 16.3. The molecule has 7 heteroatoms. The Labute approximate surface area is 179 Å². The van der Waals surface area contributed by atoms with E-state index in [4.69, 9.17) is 0 Å². The predicted octanol–water partition coefficient (Wildman–Crippen LogP) is 2.77. The van der Waals surface area contributed by atoms with Crippen molar-refractivity contribution in [3.8, 4) is 0 Å². The summed E-state index contributed by atoms with van der Waals surface area (Å²) >= 11 is 0. The maximum atomic E-state index is 12.0. The van der Waals surface area contributed by atoms with Crippen LogP contribution in [0.3, 0.4) is 0 Å². The number of para-hydroxylation sites is 1. The molecule has 0 aliphatic carbocycles. The molecule has 0 aromatic heterocycles. The van der Waals surface area contributed by atoms with E-state index in [2.05, 4.69) is 38.8 Å². The minimum absolute atomic E-state index is 0. The lowest BCUT2D eigenvalue weighted by Crippen LogP contribution is -2.49. The Bertz CT molecular complexity index is 651. The van der Waals surface area contributed by atoms with E-state index in [0.717, 1.165) is 24.7 Å². The number of rotatable bonds is 5. The smallest absolute Gasteiger partial charge is 0.225 e. The molecule has 3 rings (SSSR count). The number of hydrogen-bond donors (Lipinski definition) is 3. The van der Waals surface area contributed by atoms with E-state index in [1.165, 1.54) is 31.4 Å². The molecule has 27 heavy (non-hydrogen) atoms. The molecule has 6 nitrogen and oxygen atoms in total. The number of carbonyl (C=O) groups is 1. The minimum Gasteiger partial charge on any atom is -0.356 e. The number of likely N-dealkylation sites (tertiary alicyclic amines) is 1. The van der Waals surface area contributed by atoms with Gasteiger partial charge in [-0.1, -0.05) is 31.5 Å². The molecule has 2 atom stereocenters. The maximum Gasteiger partial charge on any atom is 0.225 e. The number of anilines is 1. The highest BCUT2D eigenvalue weighted by molar-refractivity contribution is 14.0. The van der Waals surface area contributed by atoms with Crippen LogP contribution in [0.4, 0.5) is 5.69 Å². The van der Waals surface area contributed by atoms with Crippen molar-refractivity contribution in [1.82, 2.24) is 15.5 Å². The van der Waals surface area contributed by atoms with Gasteiger partial charge in [0, 0.05) is 44.2 Å². The van der Waals surface area contributed by atoms with Gasteiger partial charge in [0.25, 0.3) is 0 Å². The molecular weight excluding hydrogens is 453 g/mol. The molecule has 0 saturated carbocycles. The number of nitrogens with one attached hydrogen (secondary N) is 3. The van der Waals surface area contributed by atoms with E-state index >= 15 is 0 Å². The van der Waals surface area contributed by atoms with Gasteiger partial charge in [0.05, 0.1) is 0 Å². The average molecular weight is 485 g/mol. The number of amides is 1. The molecule has 1 amide bonds. The Morgan fingerprint density at radius 1 is 1.26 bits per heavy atom. The first-order chi connectivity index (χ1) is 12.7. The molecular formula is C20H32IN5O. The Morgan fingerprint density at radius 2 is 2.04 bits per heavy atom. The van der Waals surface area contributed by atoms with Gasteiger partial charge < -0.3 is 16.0 Å². The Hall–Kier alpha value is -1.35. The van der Waals surface area contributed by atoms with Crippen molar-refractivity contribution in [2.45, 2.75) is 44.6 Å². The van der Waals surface area contributed by atoms with E-state index in [9.17, 15) is 4.79 Å². The highest BCUT2D eigenvalue weighted by Gasteiger charge is 2.25. The average Bonchev–Trinajstić information content (AvgIpc) is 2.68. The first-order valence-corrected chi connectivity index (χ1v) is 9.78. The summed E-state index contributed by atoms with van der Waals surface area (Å²) < 4.78 is 0. The zero-order valence-corrected chi connectivity index (χ0v) is 18.7. The van der Waals surface area contributed by atoms with E-state index in [1.54, 1.807) is 7.05 Å². The minimum atomic E-state index is 0. The Morgan fingerprint density at radius 3 is 2.81 bits per heavy atom. The molecule has 2 unspecified atom stereocenters. The lowest BCUT2D eigenvalue weighted by molar-refractivity contribution is -0.116. The maximum absolute atomic E-state index is 12.0. The van der Waals surface area contributed by atoms with Crippen LogP contribution < -0.4 is 16.0 Å². The molecule has 3 N–H and O–H groups in total. The van der Waals surface area contributed by atoms with Crippen molar-refractivity contribution in [1.29, 1.82) is 0 Å². The van der Waals surface area contributed by atoms with Gasteiger partial charge >= 0.3 is 0 Å². The zero-order chi connectivity index (χ0) is 18.4. The number of halogens is 1. The second kappa shape index (κ2) is 10.8. The number of nitrogens with zero attached hydrogens (tertiary/aromatic N) is 2. The predicted molar refractivity (Wildman–Crippen MR) is 122 cm³/mol. The van der Waals surface area contributed by atoms with Gasteiger partial charge in [-0.05, 0) is 37.6 Å². The van der Waals surface area contributed by atoms with E-state index in [-0.39, 0.29) is 35.8 Å². The normalized spacial score (nSPS) is 23.0. The third kappa shape index (κ3) is 5.81. The number of likely N-dealkylation sites (N-methyl/N-ethyl adjacent to an activating group) is 1. The van der Waals surface area contributed by atoms with Crippen LogP contribution in [0, 0.1) is 0 Å². The molecule has 2 aliphatic rings. The van der Waals surface area contributed by atoms with Gasteiger partial charge in [-0.15, -0.1) is 24.0 Å².